The van der Waals surface area contributed by atoms with Crippen LogP contribution in [0.15, 0.2) is 45.6 Å². The molecule has 140 valence electrons. The van der Waals surface area contributed by atoms with Gasteiger partial charge in [0, 0.05) is 29.1 Å². The summed E-state index contributed by atoms with van der Waals surface area (Å²) in [6.07, 6.45) is 0. The second-order valence-electron chi connectivity index (χ2n) is 6.72. The van der Waals surface area contributed by atoms with Crippen LogP contribution >= 0.6 is 0 Å². The zero-order valence-electron chi connectivity index (χ0n) is 15.7. The molecule has 0 aliphatic carbocycles. The van der Waals surface area contributed by atoms with Crippen molar-refractivity contribution in [3.05, 3.63) is 69.3 Å². The van der Waals surface area contributed by atoms with E-state index in [0.717, 1.165) is 17.5 Å². The van der Waals surface area contributed by atoms with Crippen LogP contribution in [-0.2, 0) is 4.74 Å². The van der Waals surface area contributed by atoms with Crippen LogP contribution in [-0.4, -0.2) is 22.9 Å². The van der Waals surface area contributed by atoms with E-state index in [0.29, 0.717) is 16.5 Å². The molecule has 6 heteroatoms. The van der Waals surface area contributed by atoms with Crippen LogP contribution in [0, 0.1) is 13.8 Å². The maximum absolute atomic E-state index is 12.5. The van der Waals surface area contributed by atoms with E-state index in [1.54, 1.807) is 30.3 Å². The number of hydrogen-bond acceptors (Lipinski definition) is 5. The van der Waals surface area contributed by atoms with Crippen LogP contribution in [0.3, 0.4) is 0 Å². The van der Waals surface area contributed by atoms with Crippen molar-refractivity contribution in [1.82, 2.24) is 4.57 Å². The van der Waals surface area contributed by atoms with Gasteiger partial charge in [0.05, 0.1) is 5.39 Å². The van der Waals surface area contributed by atoms with Crippen LogP contribution in [0.1, 0.15) is 52.2 Å². The number of para-hydroxylation sites is 1. The largest absolute Gasteiger partial charge is 0.451 e. The Morgan fingerprint density at radius 3 is 2.52 bits per heavy atom. The van der Waals surface area contributed by atoms with Crippen molar-refractivity contribution in [2.75, 3.05) is 6.61 Å². The van der Waals surface area contributed by atoms with E-state index in [4.69, 9.17) is 9.15 Å². The van der Waals surface area contributed by atoms with E-state index >= 15 is 0 Å². The Bertz CT molecular complexity index is 1090. The molecular weight excluding hydrogens is 346 g/mol. The van der Waals surface area contributed by atoms with Gasteiger partial charge in [-0.25, -0.2) is 4.79 Å². The number of benzene rings is 1. The highest BCUT2D eigenvalue weighted by atomic mass is 16.5. The summed E-state index contributed by atoms with van der Waals surface area (Å²) in [6.45, 7) is 7.45. The van der Waals surface area contributed by atoms with E-state index in [9.17, 15) is 14.4 Å². The maximum Gasteiger partial charge on any atom is 0.374 e. The standard InChI is InChI=1S/C21H21NO5/c1-12(2)22-13(3)9-16(14(22)4)18(24)11-26-21(25)20-10-17(23)15-7-5-6-8-19(15)27-20/h5-10,12H,11H2,1-4H3. The lowest BCUT2D eigenvalue weighted by Crippen LogP contribution is -2.16. The van der Waals surface area contributed by atoms with Crippen molar-refractivity contribution in [3.8, 4) is 0 Å². The Kier molecular flexibility index (Phi) is 4.99. The van der Waals surface area contributed by atoms with Gasteiger partial charge in [-0.3, -0.25) is 9.59 Å². The van der Waals surface area contributed by atoms with Gasteiger partial charge in [0.2, 0.25) is 11.5 Å². The number of esters is 1. The van der Waals surface area contributed by atoms with Gasteiger partial charge in [0.1, 0.15) is 5.58 Å². The highest BCUT2D eigenvalue weighted by Crippen LogP contribution is 2.21. The van der Waals surface area contributed by atoms with E-state index in [1.807, 2.05) is 27.7 Å². The van der Waals surface area contributed by atoms with Gasteiger partial charge >= 0.3 is 5.97 Å². The molecule has 3 rings (SSSR count). The minimum atomic E-state index is -0.844. The number of aryl methyl sites for hydroxylation is 1. The molecule has 0 unspecified atom stereocenters. The smallest absolute Gasteiger partial charge is 0.374 e. The molecule has 0 aliphatic rings. The Morgan fingerprint density at radius 2 is 1.85 bits per heavy atom. The Hall–Kier alpha value is -3.15. The highest BCUT2D eigenvalue weighted by Gasteiger charge is 2.20. The quantitative estimate of drug-likeness (QED) is 0.506. The number of ether oxygens (including phenoxy) is 1. The third-order valence-electron chi connectivity index (χ3n) is 4.47. The number of aromatic nitrogens is 1. The molecule has 3 aromatic rings. The first-order chi connectivity index (χ1) is 12.8. The molecule has 0 aliphatic heterocycles. The molecule has 27 heavy (non-hydrogen) atoms. The Balaban J connectivity index is 1.77. The normalized spacial score (nSPS) is 11.1. The van der Waals surface area contributed by atoms with Gasteiger partial charge in [0.15, 0.2) is 12.0 Å². The predicted octanol–water partition coefficient (Wildman–Crippen LogP) is 3.83. The van der Waals surface area contributed by atoms with Gasteiger partial charge in [-0.1, -0.05) is 12.1 Å². The first kappa shape index (κ1) is 18.6. The monoisotopic (exact) mass is 367 g/mol. The van der Waals surface area contributed by atoms with E-state index < -0.39 is 12.6 Å². The maximum atomic E-state index is 12.5. The summed E-state index contributed by atoms with van der Waals surface area (Å²) in [6, 6.07) is 9.73. The summed E-state index contributed by atoms with van der Waals surface area (Å²) in [5.74, 6) is -1.37. The minimum absolute atomic E-state index is 0.223. The van der Waals surface area contributed by atoms with Gasteiger partial charge in [-0.15, -0.1) is 0 Å². The molecule has 6 nitrogen and oxygen atoms in total. The number of carbonyl (C=O) groups excluding carboxylic acids is 2. The summed E-state index contributed by atoms with van der Waals surface area (Å²) in [5, 5.41) is 0.381. The van der Waals surface area contributed by atoms with Gasteiger partial charge in [-0.05, 0) is 45.9 Å². The molecule has 2 heterocycles. The fourth-order valence-electron chi connectivity index (χ4n) is 3.34. The number of ketones is 1. The Morgan fingerprint density at radius 1 is 1.15 bits per heavy atom. The summed E-state index contributed by atoms with van der Waals surface area (Å²) >= 11 is 0. The Labute approximate surface area is 156 Å². The highest BCUT2D eigenvalue weighted by molar-refractivity contribution is 6.00. The second kappa shape index (κ2) is 7.23. The van der Waals surface area contributed by atoms with E-state index in [2.05, 4.69) is 4.57 Å². The van der Waals surface area contributed by atoms with Crippen LogP contribution < -0.4 is 5.43 Å². The van der Waals surface area contributed by atoms with Crippen LogP contribution in [0.25, 0.3) is 11.0 Å². The average Bonchev–Trinajstić information content (AvgIpc) is 2.93. The number of carbonyl (C=O) groups is 2. The minimum Gasteiger partial charge on any atom is -0.451 e. The third-order valence-corrected chi connectivity index (χ3v) is 4.47. The van der Waals surface area contributed by atoms with Crippen molar-refractivity contribution >= 4 is 22.7 Å². The number of hydrogen-bond donors (Lipinski definition) is 0. The topological polar surface area (TPSA) is 78.5 Å². The summed E-state index contributed by atoms with van der Waals surface area (Å²) in [7, 11) is 0. The molecule has 0 amide bonds. The molecule has 0 spiro atoms. The van der Waals surface area contributed by atoms with Gasteiger partial charge in [-0.2, -0.15) is 0 Å². The lowest BCUT2D eigenvalue weighted by atomic mass is 10.1. The molecule has 0 bridgehead atoms. The number of rotatable bonds is 5. The lowest BCUT2D eigenvalue weighted by Gasteiger charge is -2.13. The lowest BCUT2D eigenvalue weighted by molar-refractivity contribution is 0.0444. The summed E-state index contributed by atoms with van der Waals surface area (Å²) in [4.78, 5) is 36.8. The third kappa shape index (κ3) is 3.56. The molecule has 1 aromatic carbocycles. The molecule has 0 fully saturated rings. The second-order valence-corrected chi connectivity index (χ2v) is 6.72. The van der Waals surface area contributed by atoms with Crippen molar-refractivity contribution in [2.24, 2.45) is 0 Å². The average molecular weight is 367 g/mol. The molecule has 0 atom stereocenters. The molecule has 0 saturated carbocycles. The predicted molar refractivity (Wildman–Crippen MR) is 101 cm³/mol. The SMILES string of the molecule is Cc1cc(C(=O)COC(=O)c2cc(=O)c3ccccc3o2)c(C)n1C(C)C. The van der Waals surface area contributed by atoms with Crippen LogP contribution in [0.2, 0.25) is 0 Å². The fourth-order valence-corrected chi connectivity index (χ4v) is 3.34. The fraction of sp³-hybridized carbons (Fsp3) is 0.286. The first-order valence-electron chi connectivity index (χ1n) is 8.71. The van der Waals surface area contributed by atoms with E-state index in [-0.39, 0.29) is 23.0 Å². The van der Waals surface area contributed by atoms with Crippen molar-refractivity contribution < 1.29 is 18.7 Å². The molecule has 0 N–H and O–H groups in total. The number of fused-ring (bicyclic) bond motifs is 1. The summed E-state index contributed by atoms with van der Waals surface area (Å²) in [5.41, 5.74) is 2.28. The molecule has 2 aromatic heterocycles. The van der Waals surface area contributed by atoms with Crippen LogP contribution in [0.4, 0.5) is 0 Å². The zero-order valence-corrected chi connectivity index (χ0v) is 15.7. The zero-order chi connectivity index (χ0) is 19.7. The van der Waals surface area contributed by atoms with Crippen molar-refractivity contribution in [2.45, 2.75) is 33.7 Å². The first-order valence-corrected chi connectivity index (χ1v) is 8.71. The summed E-state index contributed by atoms with van der Waals surface area (Å²) < 4.78 is 12.6. The van der Waals surface area contributed by atoms with Gasteiger partial charge < -0.3 is 13.7 Å². The van der Waals surface area contributed by atoms with Gasteiger partial charge in [0.25, 0.3) is 0 Å². The van der Waals surface area contributed by atoms with Crippen molar-refractivity contribution in [1.29, 1.82) is 0 Å². The molecular formula is C21H21NO5. The van der Waals surface area contributed by atoms with E-state index in [1.165, 1.54) is 0 Å². The molecule has 0 saturated heterocycles. The number of Topliss-reactive ketones (excluding diaryl/α,β-unsaturated/α-hetero) is 1. The van der Waals surface area contributed by atoms with Crippen molar-refractivity contribution in [3.63, 3.8) is 0 Å². The van der Waals surface area contributed by atoms with Crippen LogP contribution in [0.5, 0.6) is 0 Å². The number of nitrogens with zero attached hydrogens (tertiary/aromatic N) is 1. The molecule has 0 radical (unpaired) electrons.